The molecule has 0 bridgehead atoms. The molecule has 0 aromatic carbocycles. The second-order valence-electron chi connectivity index (χ2n) is 6.80. The van der Waals surface area contributed by atoms with Gasteiger partial charge in [-0.2, -0.15) is 0 Å². The maximum atomic E-state index is 12.4. The molecule has 122 valence electrons. The molecule has 4 rings (SSSR count). The minimum atomic E-state index is 0.0202. The molecule has 6 nitrogen and oxygen atoms in total. The molecule has 2 saturated carbocycles. The van der Waals surface area contributed by atoms with Gasteiger partial charge in [0.2, 0.25) is 11.8 Å². The van der Waals surface area contributed by atoms with Crippen LogP contribution in [-0.2, 0) is 9.59 Å². The number of carbonyl (C=O) groups excluding carboxylic acids is 2. The van der Waals surface area contributed by atoms with E-state index in [9.17, 15) is 9.59 Å². The van der Waals surface area contributed by atoms with E-state index in [1.54, 1.807) is 6.20 Å². The first-order chi connectivity index (χ1) is 11.2. The highest BCUT2D eigenvalue weighted by molar-refractivity contribution is 5.94. The summed E-state index contributed by atoms with van der Waals surface area (Å²) in [5.74, 6) is 2.38. The van der Waals surface area contributed by atoms with Gasteiger partial charge in [-0.1, -0.05) is 12.8 Å². The van der Waals surface area contributed by atoms with Crippen LogP contribution < -0.4 is 15.5 Å². The fourth-order valence-electron chi connectivity index (χ4n) is 4.09. The van der Waals surface area contributed by atoms with Gasteiger partial charge in [-0.25, -0.2) is 4.98 Å². The van der Waals surface area contributed by atoms with E-state index in [0.29, 0.717) is 24.9 Å². The summed E-state index contributed by atoms with van der Waals surface area (Å²) >= 11 is 0. The third-order valence-corrected chi connectivity index (χ3v) is 5.34. The highest BCUT2D eigenvalue weighted by Crippen LogP contribution is 2.55. The summed E-state index contributed by atoms with van der Waals surface area (Å²) in [5, 5.41) is 5.80. The second-order valence-corrected chi connectivity index (χ2v) is 6.80. The minimum Gasteiger partial charge on any atom is -0.353 e. The zero-order chi connectivity index (χ0) is 15.8. The predicted octanol–water partition coefficient (Wildman–Crippen LogP) is 1.39. The van der Waals surface area contributed by atoms with E-state index < -0.39 is 0 Å². The smallest absolute Gasteiger partial charge is 0.239 e. The van der Waals surface area contributed by atoms with Gasteiger partial charge in [-0.3, -0.25) is 9.59 Å². The van der Waals surface area contributed by atoms with Gasteiger partial charge in [0.15, 0.2) is 0 Å². The molecule has 1 saturated heterocycles. The Labute approximate surface area is 135 Å². The zero-order valence-electron chi connectivity index (χ0n) is 13.1. The normalized spacial score (nSPS) is 29.5. The van der Waals surface area contributed by atoms with E-state index in [1.165, 1.54) is 25.7 Å². The Bertz CT molecular complexity index is 604. The van der Waals surface area contributed by atoms with Crippen molar-refractivity contribution in [3.63, 3.8) is 0 Å². The predicted molar refractivity (Wildman–Crippen MR) is 87.0 cm³/mol. The Morgan fingerprint density at radius 1 is 1.26 bits per heavy atom. The van der Waals surface area contributed by atoms with E-state index >= 15 is 0 Å². The Hall–Kier alpha value is -2.11. The number of hydrogen-bond acceptors (Lipinski definition) is 4. The maximum Gasteiger partial charge on any atom is 0.239 e. The molecule has 2 aliphatic carbocycles. The van der Waals surface area contributed by atoms with E-state index in [-0.39, 0.29) is 17.7 Å². The molecule has 1 aliphatic heterocycles. The number of amides is 2. The van der Waals surface area contributed by atoms with Crippen molar-refractivity contribution in [2.75, 3.05) is 29.9 Å². The molecule has 2 atom stereocenters. The van der Waals surface area contributed by atoms with Crippen LogP contribution >= 0.6 is 0 Å². The van der Waals surface area contributed by atoms with E-state index in [4.69, 9.17) is 0 Å². The summed E-state index contributed by atoms with van der Waals surface area (Å²) in [6.45, 7) is 1.74. The molecule has 2 unspecified atom stereocenters. The number of aromatic nitrogens is 1. The molecule has 23 heavy (non-hydrogen) atoms. The molecule has 1 aromatic heterocycles. The number of anilines is 2. The number of hydrogen-bond donors (Lipinski definition) is 2. The van der Waals surface area contributed by atoms with Crippen molar-refractivity contribution in [1.82, 2.24) is 10.3 Å². The number of rotatable bonds is 3. The molecule has 2 heterocycles. The largest absolute Gasteiger partial charge is 0.353 e. The quantitative estimate of drug-likeness (QED) is 0.884. The summed E-state index contributed by atoms with van der Waals surface area (Å²) in [7, 11) is 0. The van der Waals surface area contributed by atoms with Gasteiger partial charge in [0.1, 0.15) is 5.82 Å². The lowest BCUT2D eigenvalue weighted by Crippen LogP contribution is -2.48. The van der Waals surface area contributed by atoms with Crippen molar-refractivity contribution < 1.29 is 9.59 Å². The van der Waals surface area contributed by atoms with Crippen LogP contribution in [0.3, 0.4) is 0 Å². The first-order valence-corrected chi connectivity index (χ1v) is 8.51. The number of piperazine rings is 1. The van der Waals surface area contributed by atoms with Gasteiger partial charge in [0.25, 0.3) is 0 Å². The third kappa shape index (κ3) is 2.90. The number of carbonyl (C=O) groups is 2. The second kappa shape index (κ2) is 5.83. The average Bonchev–Trinajstić information content (AvgIpc) is 3.30. The zero-order valence-corrected chi connectivity index (χ0v) is 13.1. The van der Waals surface area contributed by atoms with Crippen molar-refractivity contribution in [3.8, 4) is 0 Å². The molecule has 0 spiro atoms. The van der Waals surface area contributed by atoms with Crippen LogP contribution in [0.15, 0.2) is 18.3 Å². The SMILES string of the molecule is O=C1CN(c2ccc(NC(=O)C3C4CCCCC43)cn2)CCN1. The average molecular weight is 314 g/mol. The molecular formula is C17H22N4O2. The number of nitrogens with zero attached hydrogens (tertiary/aromatic N) is 2. The van der Waals surface area contributed by atoms with E-state index in [1.807, 2.05) is 17.0 Å². The first-order valence-electron chi connectivity index (χ1n) is 8.51. The van der Waals surface area contributed by atoms with Crippen LogP contribution in [0.4, 0.5) is 11.5 Å². The Morgan fingerprint density at radius 2 is 2.04 bits per heavy atom. The fraction of sp³-hybridized carbons (Fsp3) is 0.588. The Morgan fingerprint density at radius 3 is 2.70 bits per heavy atom. The van der Waals surface area contributed by atoms with Crippen LogP contribution in [0.25, 0.3) is 0 Å². The number of fused-ring (bicyclic) bond motifs is 1. The van der Waals surface area contributed by atoms with Crippen molar-refractivity contribution in [2.45, 2.75) is 25.7 Å². The standard InChI is InChI=1S/C17H22N4O2/c22-15-10-21(8-7-18-15)14-6-5-11(9-19-14)20-17(23)16-12-3-1-2-4-13(12)16/h5-6,9,12-13,16H,1-4,7-8,10H2,(H,18,22)(H,20,23). The summed E-state index contributed by atoms with van der Waals surface area (Å²) < 4.78 is 0. The number of pyridine rings is 1. The van der Waals surface area contributed by atoms with Crippen molar-refractivity contribution in [3.05, 3.63) is 18.3 Å². The summed E-state index contributed by atoms with van der Waals surface area (Å²) in [4.78, 5) is 30.1. The van der Waals surface area contributed by atoms with E-state index in [0.717, 1.165) is 18.1 Å². The lowest BCUT2D eigenvalue weighted by atomic mass is 10.0. The lowest BCUT2D eigenvalue weighted by molar-refractivity contribution is -0.120. The highest BCUT2D eigenvalue weighted by Gasteiger charge is 2.54. The van der Waals surface area contributed by atoms with Gasteiger partial charge in [0.05, 0.1) is 18.4 Å². The lowest BCUT2D eigenvalue weighted by Gasteiger charge is -2.27. The highest BCUT2D eigenvalue weighted by atomic mass is 16.2. The van der Waals surface area contributed by atoms with E-state index in [2.05, 4.69) is 15.6 Å². The van der Waals surface area contributed by atoms with Gasteiger partial charge < -0.3 is 15.5 Å². The molecule has 2 N–H and O–H groups in total. The van der Waals surface area contributed by atoms with Crippen LogP contribution in [-0.4, -0.2) is 36.4 Å². The maximum absolute atomic E-state index is 12.4. The molecule has 0 radical (unpaired) electrons. The third-order valence-electron chi connectivity index (χ3n) is 5.34. The molecule has 3 fully saturated rings. The Balaban J connectivity index is 1.37. The summed E-state index contributed by atoms with van der Waals surface area (Å²) in [6, 6.07) is 3.74. The van der Waals surface area contributed by atoms with Crippen molar-refractivity contribution in [1.29, 1.82) is 0 Å². The topological polar surface area (TPSA) is 74.3 Å². The van der Waals surface area contributed by atoms with Crippen LogP contribution in [0.5, 0.6) is 0 Å². The molecule has 3 aliphatic rings. The summed E-state index contributed by atoms with van der Waals surface area (Å²) in [5.41, 5.74) is 0.740. The van der Waals surface area contributed by atoms with Gasteiger partial charge in [-0.05, 0) is 36.8 Å². The van der Waals surface area contributed by atoms with Gasteiger partial charge in [-0.15, -0.1) is 0 Å². The monoisotopic (exact) mass is 314 g/mol. The van der Waals surface area contributed by atoms with Crippen molar-refractivity contribution >= 4 is 23.3 Å². The van der Waals surface area contributed by atoms with Crippen molar-refractivity contribution in [2.24, 2.45) is 17.8 Å². The minimum absolute atomic E-state index is 0.0202. The molecule has 2 amide bonds. The molecular weight excluding hydrogens is 292 g/mol. The Kier molecular flexibility index (Phi) is 3.67. The van der Waals surface area contributed by atoms with Crippen LogP contribution in [0, 0.1) is 17.8 Å². The van der Waals surface area contributed by atoms with Crippen LogP contribution in [0.2, 0.25) is 0 Å². The molecule has 6 heteroatoms. The van der Waals surface area contributed by atoms with Gasteiger partial charge in [0, 0.05) is 19.0 Å². The van der Waals surface area contributed by atoms with Gasteiger partial charge >= 0.3 is 0 Å². The number of nitrogens with one attached hydrogen (secondary N) is 2. The first kappa shape index (κ1) is 14.5. The van der Waals surface area contributed by atoms with Crippen LogP contribution in [0.1, 0.15) is 25.7 Å². The summed E-state index contributed by atoms with van der Waals surface area (Å²) in [6.07, 6.45) is 6.63. The molecule has 1 aromatic rings. The fourth-order valence-corrected chi connectivity index (χ4v) is 4.09.